The number of hydrogen-bond donors (Lipinski definition) is 3. The largest absolute Gasteiger partial charge is 0.481 e. The molecule has 1 aliphatic heterocycles. The first kappa shape index (κ1) is 45.5. The van der Waals surface area contributed by atoms with E-state index in [2.05, 4.69) is 29.4 Å². The Kier molecular flexibility index (Phi) is 17.7. The molecular weight excluding hydrogens is 743 g/mol. The van der Waals surface area contributed by atoms with Gasteiger partial charge in [0.1, 0.15) is 29.6 Å². The van der Waals surface area contributed by atoms with E-state index < -0.39 is 29.9 Å². The molecule has 3 amide bonds. The Morgan fingerprint density at radius 2 is 1.81 bits per heavy atom. The Bertz CT molecular complexity index is 1770. The molecule has 0 saturated carbocycles. The van der Waals surface area contributed by atoms with Crippen LogP contribution < -0.4 is 10.6 Å². The number of nitrogens with one attached hydrogen (secondary N) is 2. The molecule has 0 bridgehead atoms. The standard InChI is InChI=1S/C44H63N5O7S/c1-9-30(5)39(47-41(51)36-17-13-14-22-48(36)7)43(52)49(25-32-15-11-10-12-16-32)37(28(2)3)24-38(56-27-55-8)42-46-35(26-57-42)40(50)45-21-20-33(44(53)54)34-23-29(4)18-19-31(34)6/h10-12,15-16,18-19,23,26,28,30,33,36-39H,9,13-14,17,20-22,24-25,27H2,1-8H3,(H,45,50)(H,47,51)(H,53,54)/t30?,33-,36?,37-,38-,39?/m1/s1. The first-order valence-electron chi connectivity index (χ1n) is 20.2. The van der Waals surface area contributed by atoms with Crippen LogP contribution in [0.25, 0.3) is 0 Å². The summed E-state index contributed by atoms with van der Waals surface area (Å²) in [6, 6.07) is 14.2. The van der Waals surface area contributed by atoms with Crippen molar-refractivity contribution in [2.45, 2.75) is 117 Å². The molecule has 3 N–H and O–H groups in total. The lowest BCUT2D eigenvalue weighted by Crippen LogP contribution is -2.58. The maximum Gasteiger partial charge on any atom is 0.311 e. The highest BCUT2D eigenvalue weighted by atomic mass is 32.1. The predicted octanol–water partition coefficient (Wildman–Crippen LogP) is 6.87. The van der Waals surface area contributed by atoms with Gasteiger partial charge in [-0.15, -0.1) is 11.3 Å². The predicted molar refractivity (Wildman–Crippen MR) is 223 cm³/mol. The van der Waals surface area contributed by atoms with Gasteiger partial charge in [-0.25, -0.2) is 4.98 Å². The number of carbonyl (C=O) groups excluding carboxylic acids is 3. The summed E-state index contributed by atoms with van der Waals surface area (Å²) in [5.41, 5.74) is 3.76. The number of aryl methyl sites for hydroxylation is 2. The number of benzene rings is 2. The summed E-state index contributed by atoms with van der Waals surface area (Å²) in [6.45, 7) is 13.3. The molecule has 12 nitrogen and oxygen atoms in total. The van der Waals surface area contributed by atoms with Crippen LogP contribution in [0.5, 0.6) is 0 Å². The maximum atomic E-state index is 15.0. The highest BCUT2D eigenvalue weighted by Crippen LogP contribution is 2.32. The monoisotopic (exact) mass is 805 g/mol. The first-order chi connectivity index (χ1) is 27.2. The summed E-state index contributed by atoms with van der Waals surface area (Å²) in [5, 5.41) is 18.3. The molecule has 312 valence electrons. The highest BCUT2D eigenvalue weighted by Gasteiger charge is 2.38. The van der Waals surface area contributed by atoms with Crippen LogP contribution in [0.1, 0.15) is 116 Å². The van der Waals surface area contributed by atoms with E-state index in [1.54, 1.807) is 5.38 Å². The highest BCUT2D eigenvalue weighted by molar-refractivity contribution is 7.09. The number of likely N-dealkylation sites (N-methyl/N-ethyl adjacent to an activating group) is 1. The summed E-state index contributed by atoms with van der Waals surface area (Å²) in [5.74, 6) is -2.52. The van der Waals surface area contributed by atoms with Gasteiger partial charge in [-0.3, -0.25) is 24.1 Å². The molecule has 2 aromatic carbocycles. The van der Waals surface area contributed by atoms with Gasteiger partial charge in [0.15, 0.2) is 0 Å². The third-order valence-electron chi connectivity index (χ3n) is 11.2. The van der Waals surface area contributed by atoms with Crippen molar-refractivity contribution in [1.29, 1.82) is 0 Å². The Morgan fingerprint density at radius 1 is 1.07 bits per heavy atom. The van der Waals surface area contributed by atoms with Crippen molar-refractivity contribution in [2.24, 2.45) is 11.8 Å². The van der Waals surface area contributed by atoms with Gasteiger partial charge in [0.05, 0.1) is 12.0 Å². The third-order valence-corrected chi connectivity index (χ3v) is 12.1. The number of carboxylic acid groups (broad SMARTS) is 1. The first-order valence-corrected chi connectivity index (χ1v) is 21.1. The minimum absolute atomic E-state index is 0.0222. The fourth-order valence-corrected chi connectivity index (χ4v) is 8.39. The second-order valence-corrected chi connectivity index (χ2v) is 16.7. The van der Waals surface area contributed by atoms with Crippen molar-refractivity contribution >= 4 is 35.0 Å². The molecule has 3 unspecified atom stereocenters. The smallest absolute Gasteiger partial charge is 0.311 e. The molecule has 1 aromatic heterocycles. The summed E-state index contributed by atoms with van der Waals surface area (Å²) in [7, 11) is 3.50. The van der Waals surface area contributed by atoms with Crippen LogP contribution in [0.2, 0.25) is 0 Å². The fourth-order valence-electron chi connectivity index (χ4n) is 7.53. The summed E-state index contributed by atoms with van der Waals surface area (Å²) >= 11 is 1.29. The SMILES string of the molecule is CCC(C)C(NC(=O)C1CCCCN1C)C(=O)N(Cc1ccccc1)[C@H](C[C@@H](OCOC)c1nc(C(=O)NCC[C@@H](C(=O)O)c2cc(C)ccc2C)cs1)C(C)C. The summed E-state index contributed by atoms with van der Waals surface area (Å²) in [4.78, 5) is 63.0. The van der Waals surface area contributed by atoms with Crippen LogP contribution in [-0.4, -0.2) is 95.7 Å². The zero-order valence-electron chi connectivity index (χ0n) is 35.0. The number of methoxy groups -OCH3 is 1. The van der Waals surface area contributed by atoms with E-state index >= 15 is 0 Å². The Hall–Kier alpha value is -4.17. The minimum Gasteiger partial charge on any atom is -0.481 e. The zero-order chi connectivity index (χ0) is 41.6. The van der Waals surface area contributed by atoms with Crippen LogP contribution in [0.4, 0.5) is 0 Å². The van der Waals surface area contributed by atoms with Crippen LogP contribution >= 0.6 is 11.3 Å². The van der Waals surface area contributed by atoms with Gasteiger partial charge in [-0.05, 0) is 75.2 Å². The van der Waals surface area contributed by atoms with E-state index in [1.165, 1.54) is 18.4 Å². The topological polar surface area (TPSA) is 150 Å². The van der Waals surface area contributed by atoms with Crippen molar-refractivity contribution in [3.05, 3.63) is 86.9 Å². The van der Waals surface area contributed by atoms with Gasteiger partial charge >= 0.3 is 5.97 Å². The molecular formula is C44H63N5O7S. The van der Waals surface area contributed by atoms with Crippen molar-refractivity contribution in [3.8, 4) is 0 Å². The molecule has 0 aliphatic carbocycles. The van der Waals surface area contributed by atoms with E-state index in [9.17, 15) is 24.3 Å². The van der Waals surface area contributed by atoms with Crippen LogP contribution in [0.15, 0.2) is 53.9 Å². The van der Waals surface area contributed by atoms with Gasteiger partial charge in [0.25, 0.3) is 5.91 Å². The molecule has 0 spiro atoms. The molecule has 13 heteroatoms. The minimum atomic E-state index is -0.943. The van der Waals surface area contributed by atoms with E-state index in [0.29, 0.717) is 24.4 Å². The lowest BCUT2D eigenvalue weighted by atomic mass is 9.91. The number of amides is 3. The van der Waals surface area contributed by atoms with E-state index in [-0.39, 0.29) is 61.2 Å². The number of aliphatic carboxylic acids is 1. The van der Waals surface area contributed by atoms with Crippen LogP contribution in [0.3, 0.4) is 0 Å². The quantitative estimate of drug-likeness (QED) is 0.0981. The summed E-state index contributed by atoms with van der Waals surface area (Å²) in [6.07, 6.45) is 3.44. The zero-order valence-corrected chi connectivity index (χ0v) is 35.8. The number of carbonyl (C=O) groups is 4. The second-order valence-electron chi connectivity index (χ2n) is 15.8. The van der Waals surface area contributed by atoms with Crippen molar-refractivity contribution < 1.29 is 33.8 Å². The normalized spacial score (nSPS) is 17.3. The number of likely N-dealkylation sites (tertiary alicyclic amines) is 1. The number of aromatic nitrogens is 1. The Morgan fingerprint density at radius 3 is 2.46 bits per heavy atom. The molecule has 1 fully saturated rings. The fraction of sp³-hybridized carbons (Fsp3) is 0.568. The van der Waals surface area contributed by atoms with Gasteiger partial charge < -0.3 is 30.1 Å². The molecule has 57 heavy (non-hydrogen) atoms. The number of nitrogens with zero attached hydrogens (tertiary/aromatic N) is 3. The molecule has 4 rings (SSSR count). The molecule has 3 aromatic rings. The number of hydrogen-bond acceptors (Lipinski definition) is 9. The van der Waals surface area contributed by atoms with Gasteiger partial charge in [0.2, 0.25) is 11.8 Å². The maximum absolute atomic E-state index is 15.0. The number of piperidine rings is 1. The number of ether oxygens (including phenoxy) is 2. The summed E-state index contributed by atoms with van der Waals surface area (Å²) < 4.78 is 11.6. The second kappa shape index (κ2) is 22.1. The average molecular weight is 806 g/mol. The van der Waals surface area contributed by atoms with Gasteiger partial charge in [0, 0.05) is 38.0 Å². The third kappa shape index (κ3) is 12.7. The van der Waals surface area contributed by atoms with Crippen LogP contribution in [0, 0.1) is 25.7 Å². The Balaban J connectivity index is 1.58. The van der Waals surface area contributed by atoms with E-state index in [1.807, 2.05) is 88.2 Å². The van der Waals surface area contributed by atoms with Gasteiger partial charge in [-0.2, -0.15) is 0 Å². The average Bonchev–Trinajstić information content (AvgIpc) is 3.69. The lowest BCUT2D eigenvalue weighted by molar-refractivity contribution is -0.144. The molecule has 6 atom stereocenters. The molecule has 1 saturated heterocycles. The van der Waals surface area contributed by atoms with E-state index in [0.717, 1.165) is 48.1 Å². The molecule has 1 aliphatic rings. The Labute approximate surface area is 342 Å². The molecule has 2 heterocycles. The van der Waals surface area contributed by atoms with E-state index in [4.69, 9.17) is 14.5 Å². The van der Waals surface area contributed by atoms with Crippen LogP contribution in [-0.2, 0) is 30.4 Å². The molecule has 0 radical (unpaired) electrons. The van der Waals surface area contributed by atoms with Crippen molar-refractivity contribution in [3.63, 3.8) is 0 Å². The van der Waals surface area contributed by atoms with Crippen molar-refractivity contribution in [1.82, 2.24) is 25.4 Å². The number of carboxylic acids is 1. The number of thiazole rings is 1. The van der Waals surface area contributed by atoms with Crippen molar-refractivity contribution in [2.75, 3.05) is 34.0 Å². The van der Waals surface area contributed by atoms with Gasteiger partial charge in [-0.1, -0.05) is 94.6 Å². The lowest BCUT2D eigenvalue weighted by Gasteiger charge is -2.40. The number of rotatable bonds is 21.